The molecule has 0 spiro atoms. The summed E-state index contributed by atoms with van der Waals surface area (Å²) in [4.78, 5) is 0. The Bertz CT molecular complexity index is 53.5. The first-order chi connectivity index (χ1) is 4.27. The third-order valence-corrected chi connectivity index (χ3v) is 0.883. The number of hydrogen-bond acceptors (Lipinski definition) is 2. The predicted octanol–water partition coefficient (Wildman–Crippen LogP) is 2.58. The molecule has 2 nitrogen and oxygen atoms in total. The third-order valence-electron chi connectivity index (χ3n) is 0.883. The fourth-order valence-corrected chi connectivity index (χ4v) is 0.461. The van der Waals surface area contributed by atoms with Crippen LogP contribution in [0.25, 0.3) is 0 Å². The van der Waals surface area contributed by atoms with E-state index in [4.69, 9.17) is 9.47 Å². The molecule has 0 atom stereocenters. The van der Waals surface area contributed by atoms with Crippen LogP contribution < -0.4 is 0 Å². The molecule has 0 N–H and O–H groups in total. The van der Waals surface area contributed by atoms with Crippen molar-refractivity contribution in [2.45, 2.75) is 28.7 Å². The van der Waals surface area contributed by atoms with Crippen LogP contribution in [0.1, 0.15) is 28.7 Å². The predicted molar refractivity (Wildman–Crippen MR) is 51.0 cm³/mol. The Kier molecular flexibility index (Phi) is 19.6. The van der Waals surface area contributed by atoms with Gasteiger partial charge in [0.2, 0.25) is 0 Å². The molecule has 0 aliphatic rings. The van der Waals surface area contributed by atoms with Crippen molar-refractivity contribution in [1.29, 1.82) is 0 Å². The standard InChI is InChI=1S/C7H16O2.2CH4/c1-7(2)6-9-5-4-8-3;;/h7H,4-6H2,1-3H3;2*1H4. The first-order valence-electron chi connectivity index (χ1n) is 3.34. The summed E-state index contributed by atoms with van der Waals surface area (Å²) in [7, 11) is 1.68. The van der Waals surface area contributed by atoms with Crippen molar-refractivity contribution in [1.82, 2.24) is 0 Å². The van der Waals surface area contributed by atoms with Gasteiger partial charge in [-0.1, -0.05) is 28.7 Å². The lowest BCUT2D eigenvalue weighted by molar-refractivity contribution is 0.0572. The van der Waals surface area contributed by atoms with Gasteiger partial charge < -0.3 is 9.47 Å². The maximum Gasteiger partial charge on any atom is 0.0700 e. The van der Waals surface area contributed by atoms with E-state index < -0.39 is 0 Å². The highest BCUT2D eigenvalue weighted by molar-refractivity contribution is 4.38. The Balaban J connectivity index is -0.000000320. The van der Waals surface area contributed by atoms with Gasteiger partial charge in [-0.25, -0.2) is 0 Å². The van der Waals surface area contributed by atoms with Gasteiger partial charge in [-0.15, -0.1) is 0 Å². The monoisotopic (exact) mass is 164 g/mol. The van der Waals surface area contributed by atoms with Gasteiger partial charge in [0.25, 0.3) is 0 Å². The zero-order chi connectivity index (χ0) is 7.11. The number of ether oxygens (including phenoxy) is 2. The average Bonchev–Trinajstić information content (AvgIpc) is 1.80. The highest BCUT2D eigenvalue weighted by Crippen LogP contribution is 1.91. The molecule has 0 aromatic carbocycles. The van der Waals surface area contributed by atoms with E-state index in [9.17, 15) is 0 Å². The quantitative estimate of drug-likeness (QED) is 0.581. The topological polar surface area (TPSA) is 18.5 Å². The minimum absolute atomic E-state index is 0. The minimum Gasteiger partial charge on any atom is -0.382 e. The van der Waals surface area contributed by atoms with E-state index >= 15 is 0 Å². The van der Waals surface area contributed by atoms with Gasteiger partial charge in [-0.05, 0) is 5.92 Å². The van der Waals surface area contributed by atoms with Crippen molar-refractivity contribution >= 4 is 0 Å². The Morgan fingerprint density at radius 2 is 1.64 bits per heavy atom. The van der Waals surface area contributed by atoms with Gasteiger partial charge in [-0.3, -0.25) is 0 Å². The van der Waals surface area contributed by atoms with Gasteiger partial charge in [0.15, 0.2) is 0 Å². The molecule has 11 heavy (non-hydrogen) atoms. The summed E-state index contributed by atoms with van der Waals surface area (Å²) < 4.78 is 10.0. The molecule has 0 rings (SSSR count). The molecule has 0 aliphatic carbocycles. The van der Waals surface area contributed by atoms with Gasteiger partial charge in [0.05, 0.1) is 13.2 Å². The largest absolute Gasteiger partial charge is 0.382 e. The highest BCUT2D eigenvalue weighted by atomic mass is 16.5. The lowest BCUT2D eigenvalue weighted by Crippen LogP contribution is -2.06. The van der Waals surface area contributed by atoms with E-state index in [2.05, 4.69) is 13.8 Å². The van der Waals surface area contributed by atoms with Crippen LogP contribution >= 0.6 is 0 Å². The Labute approximate surface area is 71.9 Å². The summed E-state index contributed by atoms with van der Waals surface area (Å²) in [5, 5.41) is 0. The molecule has 0 bridgehead atoms. The molecule has 0 unspecified atom stereocenters. The van der Waals surface area contributed by atoms with Gasteiger partial charge in [-0.2, -0.15) is 0 Å². The molecule has 0 aromatic heterocycles. The van der Waals surface area contributed by atoms with Crippen LogP contribution in [-0.4, -0.2) is 26.9 Å². The first kappa shape index (κ1) is 17.1. The molecule has 0 heterocycles. The third kappa shape index (κ3) is 17.8. The van der Waals surface area contributed by atoms with Gasteiger partial charge in [0, 0.05) is 13.7 Å². The van der Waals surface area contributed by atoms with Crippen LogP contribution in [0.15, 0.2) is 0 Å². The lowest BCUT2D eigenvalue weighted by Gasteiger charge is -2.04. The fourth-order valence-electron chi connectivity index (χ4n) is 0.461. The smallest absolute Gasteiger partial charge is 0.0700 e. The second-order valence-corrected chi connectivity index (χ2v) is 2.46. The summed E-state index contributed by atoms with van der Waals surface area (Å²) >= 11 is 0. The van der Waals surface area contributed by atoms with Gasteiger partial charge in [0.1, 0.15) is 0 Å². The molecule has 0 saturated carbocycles. The normalized spacial score (nSPS) is 8.73. The maximum absolute atomic E-state index is 5.21. The first-order valence-corrected chi connectivity index (χ1v) is 3.34. The number of methoxy groups -OCH3 is 1. The molecule has 0 aromatic rings. The van der Waals surface area contributed by atoms with Crippen LogP contribution in [0.3, 0.4) is 0 Å². The maximum atomic E-state index is 5.21. The Hall–Kier alpha value is -0.0800. The second kappa shape index (κ2) is 12.6. The highest BCUT2D eigenvalue weighted by Gasteiger charge is 1.91. The van der Waals surface area contributed by atoms with Crippen molar-refractivity contribution in [3.05, 3.63) is 0 Å². The summed E-state index contributed by atoms with van der Waals surface area (Å²) in [6.45, 7) is 6.52. The van der Waals surface area contributed by atoms with E-state index in [1.807, 2.05) is 0 Å². The molecule has 0 aliphatic heterocycles. The van der Waals surface area contributed by atoms with E-state index in [0.29, 0.717) is 19.1 Å². The summed E-state index contributed by atoms with van der Waals surface area (Å²) in [5.41, 5.74) is 0. The Morgan fingerprint density at radius 3 is 2.00 bits per heavy atom. The van der Waals surface area contributed by atoms with Crippen molar-refractivity contribution in [3.63, 3.8) is 0 Å². The molecule has 72 valence electrons. The molecular formula is C9H24O2. The van der Waals surface area contributed by atoms with Crippen LogP contribution in [0.5, 0.6) is 0 Å². The average molecular weight is 164 g/mol. The molecule has 0 radical (unpaired) electrons. The number of rotatable bonds is 5. The zero-order valence-corrected chi connectivity index (χ0v) is 6.52. The number of hydrogen-bond donors (Lipinski definition) is 0. The van der Waals surface area contributed by atoms with Crippen molar-refractivity contribution in [2.24, 2.45) is 5.92 Å². The second-order valence-electron chi connectivity index (χ2n) is 2.46. The van der Waals surface area contributed by atoms with E-state index in [0.717, 1.165) is 6.61 Å². The van der Waals surface area contributed by atoms with Crippen LogP contribution in [0, 0.1) is 5.92 Å². The lowest BCUT2D eigenvalue weighted by atomic mass is 10.2. The summed E-state index contributed by atoms with van der Waals surface area (Å²) in [5.74, 6) is 0.627. The van der Waals surface area contributed by atoms with E-state index in [1.165, 1.54) is 0 Å². The van der Waals surface area contributed by atoms with Crippen LogP contribution in [0.2, 0.25) is 0 Å². The molecule has 2 heteroatoms. The van der Waals surface area contributed by atoms with Crippen molar-refractivity contribution < 1.29 is 9.47 Å². The Morgan fingerprint density at radius 1 is 1.09 bits per heavy atom. The fraction of sp³-hybridized carbons (Fsp3) is 1.00. The summed E-state index contributed by atoms with van der Waals surface area (Å²) in [6, 6.07) is 0. The van der Waals surface area contributed by atoms with Crippen LogP contribution in [0.4, 0.5) is 0 Å². The van der Waals surface area contributed by atoms with Gasteiger partial charge >= 0.3 is 0 Å². The van der Waals surface area contributed by atoms with Crippen molar-refractivity contribution in [3.8, 4) is 0 Å². The van der Waals surface area contributed by atoms with Crippen molar-refractivity contribution in [2.75, 3.05) is 26.9 Å². The molecule has 0 fully saturated rings. The van der Waals surface area contributed by atoms with Crippen LogP contribution in [-0.2, 0) is 9.47 Å². The molecular weight excluding hydrogens is 140 g/mol. The SMILES string of the molecule is C.C.COCCOCC(C)C. The molecule has 0 amide bonds. The zero-order valence-electron chi connectivity index (χ0n) is 6.52. The minimum atomic E-state index is 0. The molecule has 0 saturated heterocycles. The van der Waals surface area contributed by atoms with E-state index in [1.54, 1.807) is 7.11 Å². The van der Waals surface area contributed by atoms with E-state index in [-0.39, 0.29) is 14.9 Å². The summed E-state index contributed by atoms with van der Waals surface area (Å²) in [6.07, 6.45) is 0.